The minimum absolute atomic E-state index is 0.140. The lowest BCUT2D eigenvalue weighted by atomic mass is 9.71. The molecule has 0 saturated carbocycles. The number of aliphatic hydroxyl groups is 1. The van der Waals surface area contributed by atoms with Crippen molar-refractivity contribution in [3.8, 4) is 0 Å². The molecule has 0 spiro atoms. The molecular weight excluding hydrogens is 348 g/mol. The minimum atomic E-state index is -1.44. The molecule has 1 aliphatic carbocycles. The van der Waals surface area contributed by atoms with Gasteiger partial charge >= 0.3 is 0 Å². The summed E-state index contributed by atoms with van der Waals surface area (Å²) in [7, 11) is -1.44. The van der Waals surface area contributed by atoms with Crippen molar-refractivity contribution < 1.29 is 9.52 Å². The molecule has 1 heterocycles. The van der Waals surface area contributed by atoms with Gasteiger partial charge in [0, 0.05) is 5.92 Å². The molecule has 27 heavy (non-hydrogen) atoms. The molecule has 0 saturated heterocycles. The van der Waals surface area contributed by atoms with E-state index < -0.39 is 8.07 Å². The smallest absolute Gasteiger partial charge is 0.123 e. The number of allylic oxidation sites excluding steroid dienone is 4. The van der Waals surface area contributed by atoms with Crippen molar-refractivity contribution in [2.24, 2.45) is 5.41 Å². The molecule has 152 valence electrons. The molecule has 0 aromatic carbocycles. The summed E-state index contributed by atoms with van der Waals surface area (Å²) in [5.74, 6) is 0.140. The second-order valence-corrected chi connectivity index (χ2v) is 15.1. The fraction of sp³-hybridized carbons (Fsp3) is 0.667. The summed E-state index contributed by atoms with van der Waals surface area (Å²) >= 11 is 0. The Morgan fingerprint density at radius 3 is 2.59 bits per heavy atom. The average Bonchev–Trinajstić information content (AvgIpc) is 3.04. The summed E-state index contributed by atoms with van der Waals surface area (Å²) in [5.41, 5.74) is 6.23. The maximum atomic E-state index is 9.87. The highest BCUT2D eigenvalue weighted by Gasteiger charge is 2.27. The van der Waals surface area contributed by atoms with Gasteiger partial charge in [-0.2, -0.15) is 0 Å². The predicted octanol–water partition coefficient (Wildman–Crippen LogP) is 6.54. The van der Waals surface area contributed by atoms with E-state index in [2.05, 4.69) is 59.5 Å². The van der Waals surface area contributed by atoms with Crippen LogP contribution in [0.3, 0.4) is 0 Å². The normalized spacial score (nSPS) is 19.5. The van der Waals surface area contributed by atoms with Crippen molar-refractivity contribution in [1.29, 1.82) is 0 Å². The number of hydrogen-bond donors (Lipinski definition) is 1. The molecule has 1 unspecified atom stereocenters. The van der Waals surface area contributed by atoms with Gasteiger partial charge in [0.2, 0.25) is 0 Å². The van der Waals surface area contributed by atoms with Gasteiger partial charge in [-0.05, 0) is 69.4 Å². The van der Waals surface area contributed by atoms with Crippen molar-refractivity contribution in [2.45, 2.75) is 91.8 Å². The highest BCUT2D eigenvalue weighted by atomic mass is 28.3. The first-order valence-corrected chi connectivity index (χ1v) is 14.1. The van der Waals surface area contributed by atoms with E-state index in [9.17, 15) is 5.11 Å². The Labute approximate surface area is 167 Å². The van der Waals surface area contributed by atoms with Crippen LogP contribution in [0.4, 0.5) is 0 Å². The van der Waals surface area contributed by atoms with Gasteiger partial charge in [0.1, 0.15) is 8.07 Å². The molecule has 0 bridgehead atoms. The molecule has 1 aliphatic rings. The Kier molecular flexibility index (Phi) is 7.38. The summed E-state index contributed by atoms with van der Waals surface area (Å²) in [6.07, 6.45) is 11.3. The van der Waals surface area contributed by atoms with E-state index in [1.54, 1.807) is 11.1 Å². The van der Waals surface area contributed by atoms with E-state index in [4.69, 9.17) is 4.42 Å². The summed E-state index contributed by atoms with van der Waals surface area (Å²) < 4.78 is 5.80. The van der Waals surface area contributed by atoms with Crippen LogP contribution in [-0.2, 0) is 0 Å². The van der Waals surface area contributed by atoms with Gasteiger partial charge in [0.15, 0.2) is 0 Å². The molecule has 2 rings (SSSR count). The Morgan fingerprint density at radius 2 is 2.04 bits per heavy atom. The Hall–Kier alpha value is -1.06. The third kappa shape index (κ3) is 5.96. The molecule has 0 amide bonds. The van der Waals surface area contributed by atoms with Gasteiger partial charge in [-0.3, -0.25) is 0 Å². The van der Waals surface area contributed by atoms with Crippen LogP contribution in [0, 0.1) is 5.41 Å². The Bertz CT molecular complexity index is 685. The zero-order valence-corrected chi connectivity index (χ0v) is 19.6. The van der Waals surface area contributed by atoms with Gasteiger partial charge in [-0.1, -0.05) is 56.3 Å². The van der Waals surface area contributed by atoms with Crippen LogP contribution >= 0.6 is 0 Å². The average molecular weight is 389 g/mol. The van der Waals surface area contributed by atoms with Gasteiger partial charge in [0.05, 0.1) is 18.3 Å². The number of aliphatic hydroxyl groups excluding tert-OH is 1. The molecule has 3 heteroatoms. The van der Waals surface area contributed by atoms with Crippen LogP contribution in [0.25, 0.3) is 0 Å². The zero-order chi connectivity index (χ0) is 20.2. The van der Waals surface area contributed by atoms with E-state index in [0.29, 0.717) is 5.41 Å². The van der Waals surface area contributed by atoms with Crippen LogP contribution in [0.2, 0.25) is 19.6 Å². The van der Waals surface area contributed by atoms with Gasteiger partial charge in [-0.15, -0.1) is 0 Å². The van der Waals surface area contributed by atoms with Crippen LogP contribution in [0.15, 0.2) is 39.5 Å². The molecule has 1 aromatic heterocycles. The van der Waals surface area contributed by atoms with E-state index in [1.807, 2.05) is 6.26 Å². The fourth-order valence-electron chi connectivity index (χ4n) is 4.27. The fourth-order valence-corrected chi connectivity index (χ4v) is 5.28. The highest BCUT2D eigenvalue weighted by Crippen LogP contribution is 2.42. The molecule has 2 nitrogen and oxygen atoms in total. The first-order valence-electron chi connectivity index (χ1n) is 10.6. The predicted molar refractivity (Wildman–Crippen MR) is 119 cm³/mol. The van der Waals surface area contributed by atoms with E-state index in [-0.39, 0.29) is 12.5 Å². The van der Waals surface area contributed by atoms with E-state index >= 15 is 0 Å². The Morgan fingerprint density at radius 1 is 1.33 bits per heavy atom. The quantitative estimate of drug-likeness (QED) is 0.405. The van der Waals surface area contributed by atoms with Crippen molar-refractivity contribution in [3.63, 3.8) is 0 Å². The maximum Gasteiger partial charge on any atom is 0.123 e. The Balaban J connectivity index is 1.98. The highest BCUT2D eigenvalue weighted by molar-refractivity contribution is 6.87. The molecule has 0 aliphatic heterocycles. The lowest BCUT2D eigenvalue weighted by Crippen LogP contribution is -2.36. The van der Waals surface area contributed by atoms with Crippen molar-refractivity contribution >= 4 is 13.5 Å². The van der Waals surface area contributed by atoms with Crippen molar-refractivity contribution in [2.75, 3.05) is 6.61 Å². The van der Waals surface area contributed by atoms with Crippen LogP contribution in [0.5, 0.6) is 0 Å². The lowest BCUT2D eigenvalue weighted by Gasteiger charge is -2.35. The third-order valence-corrected chi connectivity index (χ3v) is 8.00. The number of furan rings is 1. The number of rotatable bonds is 8. The molecule has 1 atom stereocenters. The van der Waals surface area contributed by atoms with Crippen LogP contribution in [-0.4, -0.2) is 19.8 Å². The summed E-state index contributed by atoms with van der Waals surface area (Å²) in [6.45, 7) is 16.4. The maximum absolute atomic E-state index is 9.87. The first-order chi connectivity index (χ1) is 12.5. The van der Waals surface area contributed by atoms with E-state index in [0.717, 1.165) is 23.8 Å². The second-order valence-electron chi connectivity index (χ2n) is 10.2. The molecule has 0 radical (unpaired) electrons. The summed E-state index contributed by atoms with van der Waals surface area (Å²) in [4.78, 5) is 0. The van der Waals surface area contributed by atoms with E-state index in [1.165, 1.54) is 31.3 Å². The van der Waals surface area contributed by atoms with Crippen molar-refractivity contribution in [3.05, 3.63) is 40.7 Å². The van der Waals surface area contributed by atoms with Crippen LogP contribution in [0.1, 0.15) is 77.7 Å². The largest absolute Gasteiger partial charge is 0.474 e. The summed E-state index contributed by atoms with van der Waals surface area (Å²) in [6, 6.07) is 2.18. The lowest BCUT2D eigenvalue weighted by molar-refractivity contribution is 0.265. The molecule has 1 N–H and O–H groups in total. The third-order valence-electron chi connectivity index (χ3n) is 6.26. The molecule has 1 aromatic rings. The summed E-state index contributed by atoms with van der Waals surface area (Å²) in [5, 5.41) is 11.0. The first kappa shape index (κ1) is 22.2. The topological polar surface area (TPSA) is 33.4 Å². The SMILES string of the molecule is CC(=CCC(CO)c1coc([Si](C)(C)C)c1)CCC1=C(C)CCCC1(C)C. The van der Waals surface area contributed by atoms with Gasteiger partial charge < -0.3 is 9.52 Å². The van der Waals surface area contributed by atoms with Gasteiger partial charge in [0.25, 0.3) is 0 Å². The standard InChI is InChI=1S/C24H40O2Si/c1-18(11-13-22-19(2)9-8-14-24(22,3)4)10-12-20(16-25)21-15-23(26-17-21)27(5,6)7/h10,15,17,20,25H,8-9,11-14,16H2,1-7H3. The van der Waals surface area contributed by atoms with Crippen molar-refractivity contribution in [1.82, 2.24) is 0 Å². The molecule has 0 fully saturated rings. The monoisotopic (exact) mass is 388 g/mol. The number of hydrogen-bond acceptors (Lipinski definition) is 2. The van der Waals surface area contributed by atoms with Crippen LogP contribution < -0.4 is 5.38 Å². The zero-order valence-electron chi connectivity index (χ0n) is 18.6. The molecular formula is C24H40O2Si. The van der Waals surface area contributed by atoms with Gasteiger partial charge in [-0.25, -0.2) is 0 Å². The second kappa shape index (κ2) is 8.96. The minimum Gasteiger partial charge on any atom is -0.474 e.